The van der Waals surface area contributed by atoms with Crippen LogP contribution in [0.5, 0.6) is 0 Å². The van der Waals surface area contributed by atoms with E-state index < -0.39 is 0 Å². The van der Waals surface area contributed by atoms with Crippen LogP contribution in [0.1, 0.15) is 44.9 Å². The Bertz CT molecular complexity index is 352. The van der Waals surface area contributed by atoms with E-state index in [0.717, 1.165) is 32.7 Å². The second-order valence-corrected chi connectivity index (χ2v) is 6.97. The van der Waals surface area contributed by atoms with Crippen molar-refractivity contribution in [1.82, 2.24) is 4.90 Å². The number of ether oxygens (including phenoxy) is 2. The van der Waals surface area contributed by atoms with Gasteiger partial charge in [0, 0.05) is 25.7 Å². The van der Waals surface area contributed by atoms with E-state index >= 15 is 0 Å². The largest absolute Gasteiger partial charge is 0.391 e. The van der Waals surface area contributed by atoms with Crippen LogP contribution in [0.25, 0.3) is 0 Å². The molecule has 1 aliphatic carbocycles. The highest BCUT2D eigenvalue weighted by Gasteiger charge is 2.41. The predicted molar refractivity (Wildman–Crippen MR) is 82.9 cm³/mol. The number of nitrogens with two attached hydrogens (primary N) is 1. The molecule has 0 bridgehead atoms. The summed E-state index contributed by atoms with van der Waals surface area (Å²) in [6.07, 6.45) is 8.75. The molecule has 2 saturated heterocycles. The van der Waals surface area contributed by atoms with Crippen molar-refractivity contribution in [3.05, 3.63) is 0 Å². The third-order valence-electron chi connectivity index (χ3n) is 5.16. The first-order valence-electron chi connectivity index (χ1n) is 7.97. The molecule has 0 aromatic heterocycles. The monoisotopic (exact) mass is 298 g/mol. The van der Waals surface area contributed by atoms with Crippen molar-refractivity contribution in [1.29, 1.82) is 0 Å². The lowest BCUT2D eigenvalue weighted by molar-refractivity contribution is -0.133. The van der Waals surface area contributed by atoms with E-state index in [2.05, 4.69) is 4.90 Å². The van der Waals surface area contributed by atoms with Gasteiger partial charge in [-0.05, 0) is 25.7 Å². The molecule has 2 N–H and O–H groups in total. The summed E-state index contributed by atoms with van der Waals surface area (Å²) in [5.41, 5.74) is 5.92. The molecule has 3 aliphatic rings. The highest BCUT2D eigenvalue weighted by atomic mass is 32.1. The van der Waals surface area contributed by atoms with Crippen molar-refractivity contribution < 1.29 is 9.47 Å². The lowest BCUT2D eigenvalue weighted by Gasteiger charge is -2.48. The average Bonchev–Trinajstić information content (AvgIpc) is 2.48. The molecule has 4 nitrogen and oxygen atoms in total. The first kappa shape index (κ1) is 14.7. The van der Waals surface area contributed by atoms with Gasteiger partial charge in [-0.3, -0.25) is 4.90 Å². The van der Waals surface area contributed by atoms with Crippen molar-refractivity contribution in [2.24, 2.45) is 5.73 Å². The molecule has 114 valence electrons. The molecule has 0 aromatic carbocycles. The van der Waals surface area contributed by atoms with Crippen LogP contribution in [0, 0.1) is 0 Å². The summed E-state index contributed by atoms with van der Waals surface area (Å²) in [4.78, 5) is 3.03. The van der Waals surface area contributed by atoms with Crippen LogP contribution in [0.2, 0.25) is 0 Å². The van der Waals surface area contributed by atoms with Gasteiger partial charge in [-0.25, -0.2) is 0 Å². The van der Waals surface area contributed by atoms with E-state index in [9.17, 15) is 0 Å². The number of hydrogen-bond acceptors (Lipinski definition) is 4. The van der Waals surface area contributed by atoms with Gasteiger partial charge in [0.1, 0.15) is 11.1 Å². The second kappa shape index (κ2) is 6.26. The minimum atomic E-state index is -0.0658. The Hall–Kier alpha value is -0.230. The smallest absolute Gasteiger partial charge is 0.120 e. The summed E-state index contributed by atoms with van der Waals surface area (Å²) in [5.74, 6) is 0. The number of morpholine rings is 1. The van der Waals surface area contributed by atoms with Crippen molar-refractivity contribution >= 4 is 17.2 Å². The highest BCUT2D eigenvalue weighted by molar-refractivity contribution is 7.80. The van der Waals surface area contributed by atoms with Gasteiger partial charge in [0.15, 0.2) is 0 Å². The minimum absolute atomic E-state index is 0.0658. The lowest BCUT2D eigenvalue weighted by atomic mass is 9.78. The molecule has 3 rings (SSSR count). The topological polar surface area (TPSA) is 47.7 Å². The van der Waals surface area contributed by atoms with Crippen molar-refractivity contribution in [2.75, 3.05) is 26.3 Å². The summed E-state index contributed by atoms with van der Waals surface area (Å²) in [6.45, 7) is 3.50. The van der Waals surface area contributed by atoms with Crippen LogP contribution in [-0.2, 0) is 9.47 Å². The minimum Gasteiger partial charge on any atom is -0.391 e. The van der Waals surface area contributed by atoms with Crippen LogP contribution in [0.15, 0.2) is 0 Å². The molecule has 20 heavy (non-hydrogen) atoms. The Labute approximate surface area is 127 Å². The molecule has 5 heteroatoms. The molecule has 0 amide bonds. The Morgan fingerprint density at radius 2 is 2.00 bits per heavy atom. The maximum Gasteiger partial charge on any atom is 0.120 e. The molecule has 0 aromatic rings. The quantitative estimate of drug-likeness (QED) is 0.789. The fourth-order valence-corrected chi connectivity index (χ4v) is 4.17. The van der Waals surface area contributed by atoms with Gasteiger partial charge in [0.25, 0.3) is 0 Å². The number of rotatable bonds is 2. The van der Waals surface area contributed by atoms with Gasteiger partial charge < -0.3 is 15.2 Å². The lowest BCUT2D eigenvalue weighted by Crippen LogP contribution is -2.55. The van der Waals surface area contributed by atoms with Crippen LogP contribution >= 0.6 is 12.2 Å². The van der Waals surface area contributed by atoms with Crippen molar-refractivity contribution in [2.45, 2.75) is 62.7 Å². The fourth-order valence-electron chi connectivity index (χ4n) is 4.03. The zero-order valence-corrected chi connectivity index (χ0v) is 13.0. The first-order chi connectivity index (χ1) is 9.69. The zero-order chi connectivity index (χ0) is 14.0. The molecule has 1 saturated carbocycles. The summed E-state index contributed by atoms with van der Waals surface area (Å²) in [5, 5.41) is 0. The van der Waals surface area contributed by atoms with Crippen LogP contribution in [0.3, 0.4) is 0 Å². The zero-order valence-electron chi connectivity index (χ0n) is 12.2. The second-order valence-electron chi connectivity index (χ2n) is 6.50. The van der Waals surface area contributed by atoms with E-state index in [-0.39, 0.29) is 11.7 Å². The van der Waals surface area contributed by atoms with Gasteiger partial charge in [-0.1, -0.05) is 31.5 Å². The fraction of sp³-hybridized carbons (Fsp3) is 0.933. The average molecular weight is 298 g/mol. The maximum atomic E-state index is 6.19. The van der Waals surface area contributed by atoms with Gasteiger partial charge in [0.2, 0.25) is 0 Å². The van der Waals surface area contributed by atoms with E-state index in [0.29, 0.717) is 11.0 Å². The molecule has 2 atom stereocenters. The van der Waals surface area contributed by atoms with E-state index in [1.54, 1.807) is 0 Å². The third-order valence-corrected chi connectivity index (χ3v) is 5.43. The number of nitrogens with zero attached hydrogens (tertiary/aromatic N) is 1. The summed E-state index contributed by atoms with van der Waals surface area (Å²) in [7, 11) is 0. The van der Waals surface area contributed by atoms with Crippen LogP contribution in [0.4, 0.5) is 0 Å². The highest BCUT2D eigenvalue weighted by Crippen LogP contribution is 2.40. The molecule has 0 radical (unpaired) electrons. The standard InChI is InChI=1S/C15H26N2O2S/c16-14(20)13-11-17(7-9-18-13)12-4-8-19-15(10-12)5-2-1-3-6-15/h12-13H,1-11H2,(H2,16,20). The van der Waals surface area contributed by atoms with Gasteiger partial charge >= 0.3 is 0 Å². The van der Waals surface area contributed by atoms with E-state index in [4.69, 9.17) is 27.4 Å². The summed E-state index contributed by atoms with van der Waals surface area (Å²) >= 11 is 5.09. The normalized spacial score (nSPS) is 35.0. The summed E-state index contributed by atoms with van der Waals surface area (Å²) < 4.78 is 11.9. The molecule has 2 aliphatic heterocycles. The van der Waals surface area contributed by atoms with E-state index in [1.165, 1.54) is 38.5 Å². The first-order valence-corrected chi connectivity index (χ1v) is 8.38. The summed E-state index contributed by atoms with van der Waals surface area (Å²) in [6, 6.07) is 0.614. The van der Waals surface area contributed by atoms with Crippen LogP contribution < -0.4 is 5.73 Å². The molecule has 2 heterocycles. The van der Waals surface area contributed by atoms with Gasteiger partial charge in [-0.15, -0.1) is 0 Å². The Kier molecular flexibility index (Phi) is 4.60. The Balaban J connectivity index is 1.62. The SMILES string of the molecule is NC(=S)C1CN(C2CCOC3(CCCCC3)C2)CCO1. The number of thiocarbonyl (C=S) groups is 1. The molecule has 1 spiro atoms. The number of hydrogen-bond donors (Lipinski definition) is 1. The van der Waals surface area contributed by atoms with E-state index in [1.807, 2.05) is 0 Å². The molecular formula is C15H26N2O2S. The molecule has 2 unspecified atom stereocenters. The maximum absolute atomic E-state index is 6.19. The van der Waals surface area contributed by atoms with Crippen molar-refractivity contribution in [3.63, 3.8) is 0 Å². The molecule has 3 fully saturated rings. The van der Waals surface area contributed by atoms with Gasteiger partial charge in [-0.2, -0.15) is 0 Å². The van der Waals surface area contributed by atoms with Crippen LogP contribution in [-0.4, -0.2) is 53.9 Å². The Morgan fingerprint density at radius 1 is 1.20 bits per heavy atom. The Morgan fingerprint density at radius 3 is 2.75 bits per heavy atom. The molecular weight excluding hydrogens is 272 g/mol. The third kappa shape index (κ3) is 3.16. The predicted octanol–water partition coefficient (Wildman–Crippen LogP) is 1.86. The van der Waals surface area contributed by atoms with Crippen molar-refractivity contribution in [3.8, 4) is 0 Å². The van der Waals surface area contributed by atoms with Gasteiger partial charge in [0.05, 0.1) is 12.2 Å².